The summed E-state index contributed by atoms with van der Waals surface area (Å²) in [5.41, 5.74) is 1.89. The van der Waals surface area contributed by atoms with Crippen molar-refractivity contribution in [3.05, 3.63) is 59.7 Å². The first kappa shape index (κ1) is 28.0. The van der Waals surface area contributed by atoms with E-state index in [1.165, 1.54) is 32.1 Å². The van der Waals surface area contributed by atoms with Crippen LogP contribution in [0.2, 0.25) is 0 Å². The molecule has 1 saturated carbocycles. The largest absolute Gasteiger partial charge is 0.490 e. The van der Waals surface area contributed by atoms with Crippen molar-refractivity contribution in [2.45, 2.75) is 76.2 Å². The lowest BCUT2D eigenvalue weighted by molar-refractivity contribution is -0.134. The number of carbonyl (C=O) groups excluding carboxylic acids is 3. The van der Waals surface area contributed by atoms with Crippen molar-refractivity contribution in [3.63, 3.8) is 0 Å². The fourth-order valence-electron chi connectivity index (χ4n) is 5.99. The predicted molar refractivity (Wildman–Crippen MR) is 152 cm³/mol. The normalized spacial score (nSPS) is 23.1. The number of ether oxygens (including phenoxy) is 2. The number of hydrogen-bond donors (Lipinski definition) is 3. The van der Waals surface area contributed by atoms with Gasteiger partial charge in [-0.05, 0) is 55.4 Å². The Bertz CT molecular complexity index is 1180. The van der Waals surface area contributed by atoms with Crippen molar-refractivity contribution in [3.8, 4) is 5.75 Å². The number of likely N-dealkylation sites (N-methyl/N-ethyl adjacent to an activating group) is 1. The lowest BCUT2D eigenvalue weighted by Crippen LogP contribution is -2.54. The van der Waals surface area contributed by atoms with E-state index in [1.807, 2.05) is 30.3 Å². The van der Waals surface area contributed by atoms with E-state index in [0.29, 0.717) is 42.3 Å². The van der Waals surface area contributed by atoms with E-state index in [1.54, 1.807) is 30.1 Å². The first-order valence-electron chi connectivity index (χ1n) is 14.5. The highest BCUT2D eigenvalue weighted by molar-refractivity contribution is 5.99. The number of benzene rings is 2. The molecule has 2 fully saturated rings. The summed E-state index contributed by atoms with van der Waals surface area (Å²) in [6.07, 6.45) is 7.44. The number of nitrogens with zero attached hydrogens (tertiary/aromatic N) is 1. The summed E-state index contributed by atoms with van der Waals surface area (Å²) in [5.74, 6) is 0.877. The molecule has 2 aromatic rings. The molecule has 3 aliphatic rings. The predicted octanol–water partition coefficient (Wildman–Crippen LogP) is 4.48. The topological polar surface area (TPSA) is 109 Å². The molecule has 4 amide bonds. The molecule has 0 unspecified atom stereocenters. The van der Waals surface area contributed by atoms with Gasteiger partial charge in [0.05, 0.1) is 24.1 Å². The summed E-state index contributed by atoms with van der Waals surface area (Å²) in [4.78, 5) is 40.3. The standard InChI is InChI=1S/C31H40N4O5/c1-35-26-14-13-24(17-29(36)32-18-21-8-4-2-5-9-21)40-28(26)20-39-27-15-12-23(16-25(27)30(35)37)34-31(38)33-19-22-10-6-3-7-11-22/h3,6-7,10-12,15-16,21,24,26,28H,2,4-5,8-9,13-14,17-20H2,1H3,(H,32,36)(H2,33,34,38)/t24-,26+,28+/m0/s1. The number of carbonyl (C=O) groups is 3. The number of amides is 4. The number of urea groups is 1. The quantitative estimate of drug-likeness (QED) is 0.473. The summed E-state index contributed by atoms with van der Waals surface area (Å²) in [6, 6.07) is 14.2. The second-order valence-electron chi connectivity index (χ2n) is 11.2. The number of rotatable bonds is 7. The molecule has 3 atom stereocenters. The maximum absolute atomic E-state index is 13.5. The van der Waals surface area contributed by atoms with Gasteiger partial charge in [0, 0.05) is 25.8 Å². The maximum Gasteiger partial charge on any atom is 0.319 e. The third kappa shape index (κ3) is 7.13. The molecule has 0 aromatic heterocycles. The van der Waals surface area contributed by atoms with E-state index in [0.717, 1.165) is 18.5 Å². The van der Waals surface area contributed by atoms with Gasteiger partial charge in [0.2, 0.25) is 5.91 Å². The van der Waals surface area contributed by atoms with Gasteiger partial charge in [-0.2, -0.15) is 0 Å². The van der Waals surface area contributed by atoms with E-state index >= 15 is 0 Å². The average molecular weight is 549 g/mol. The van der Waals surface area contributed by atoms with Crippen molar-refractivity contribution in [2.75, 3.05) is 25.5 Å². The molecule has 3 N–H and O–H groups in total. The fraction of sp³-hybridized carbons (Fsp3) is 0.516. The second kappa shape index (κ2) is 13.2. The van der Waals surface area contributed by atoms with Gasteiger partial charge in [0.1, 0.15) is 18.5 Å². The van der Waals surface area contributed by atoms with Crippen LogP contribution in [-0.2, 0) is 16.1 Å². The molecule has 0 spiro atoms. The van der Waals surface area contributed by atoms with Gasteiger partial charge in [-0.1, -0.05) is 49.6 Å². The second-order valence-corrected chi connectivity index (χ2v) is 11.2. The van der Waals surface area contributed by atoms with E-state index in [-0.39, 0.29) is 42.7 Å². The minimum Gasteiger partial charge on any atom is -0.490 e. The Morgan fingerprint density at radius 1 is 0.975 bits per heavy atom. The number of anilines is 1. The van der Waals surface area contributed by atoms with Crippen LogP contribution < -0.4 is 20.7 Å². The lowest BCUT2D eigenvalue weighted by atomic mass is 9.89. The van der Waals surface area contributed by atoms with Gasteiger partial charge in [0.25, 0.3) is 5.91 Å². The molecule has 1 aliphatic carbocycles. The molecule has 2 aliphatic heterocycles. The fourth-order valence-corrected chi connectivity index (χ4v) is 5.99. The minimum atomic E-state index is -0.356. The smallest absolute Gasteiger partial charge is 0.319 e. The average Bonchev–Trinajstić information content (AvgIpc) is 2.98. The Labute approximate surface area is 236 Å². The Morgan fingerprint density at radius 2 is 1.77 bits per heavy atom. The van der Waals surface area contributed by atoms with Crippen LogP contribution in [-0.4, -0.2) is 61.2 Å². The molecular formula is C31H40N4O5. The SMILES string of the molecule is CN1C(=O)c2cc(NC(=O)NCc3ccccc3)ccc2OC[C@H]2O[C@H](CC(=O)NCC3CCCCC3)CC[C@H]21. The summed E-state index contributed by atoms with van der Waals surface area (Å²) < 4.78 is 12.4. The highest BCUT2D eigenvalue weighted by Crippen LogP contribution is 2.32. The molecule has 214 valence electrons. The highest BCUT2D eigenvalue weighted by Gasteiger charge is 2.39. The third-order valence-corrected chi connectivity index (χ3v) is 8.29. The van der Waals surface area contributed by atoms with Crippen LogP contribution in [0.25, 0.3) is 0 Å². The van der Waals surface area contributed by atoms with Crippen LogP contribution >= 0.6 is 0 Å². The Morgan fingerprint density at radius 3 is 2.58 bits per heavy atom. The zero-order valence-electron chi connectivity index (χ0n) is 23.2. The van der Waals surface area contributed by atoms with Crippen LogP contribution in [0.4, 0.5) is 10.5 Å². The van der Waals surface area contributed by atoms with Crippen molar-refractivity contribution >= 4 is 23.5 Å². The first-order valence-corrected chi connectivity index (χ1v) is 14.5. The van der Waals surface area contributed by atoms with Crippen LogP contribution in [0.15, 0.2) is 48.5 Å². The number of hydrogen-bond acceptors (Lipinski definition) is 5. The van der Waals surface area contributed by atoms with Crippen molar-refractivity contribution in [1.82, 2.24) is 15.5 Å². The summed E-state index contributed by atoms with van der Waals surface area (Å²) >= 11 is 0. The van der Waals surface area contributed by atoms with Crippen molar-refractivity contribution in [1.29, 1.82) is 0 Å². The Hall–Kier alpha value is -3.59. The lowest BCUT2D eigenvalue weighted by Gasteiger charge is -2.42. The molecular weight excluding hydrogens is 508 g/mol. The van der Waals surface area contributed by atoms with Gasteiger partial charge in [0.15, 0.2) is 0 Å². The van der Waals surface area contributed by atoms with Gasteiger partial charge in [-0.25, -0.2) is 4.79 Å². The Kier molecular flexibility index (Phi) is 9.21. The van der Waals surface area contributed by atoms with E-state index in [2.05, 4.69) is 16.0 Å². The van der Waals surface area contributed by atoms with E-state index in [4.69, 9.17) is 9.47 Å². The van der Waals surface area contributed by atoms with Crippen LogP contribution in [0.3, 0.4) is 0 Å². The van der Waals surface area contributed by atoms with Crippen LogP contribution in [0, 0.1) is 5.92 Å². The van der Waals surface area contributed by atoms with Crippen LogP contribution in [0.1, 0.15) is 67.3 Å². The summed E-state index contributed by atoms with van der Waals surface area (Å²) in [5, 5.41) is 8.74. The molecule has 0 bridgehead atoms. The van der Waals surface area contributed by atoms with Gasteiger partial charge >= 0.3 is 6.03 Å². The number of nitrogens with one attached hydrogen (secondary N) is 3. The van der Waals surface area contributed by atoms with Crippen molar-refractivity contribution in [2.24, 2.45) is 5.92 Å². The van der Waals surface area contributed by atoms with E-state index in [9.17, 15) is 14.4 Å². The summed E-state index contributed by atoms with van der Waals surface area (Å²) in [6.45, 7) is 1.43. The Balaban J connectivity index is 1.16. The number of fused-ring (bicyclic) bond motifs is 2. The first-order chi connectivity index (χ1) is 19.5. The van der Waals surface area contributed by atoms with Gasteiger partial charge in [-0.3, -0.25) is 9.59 Å². The van der Waals surface area contributed by atoms with E-state index < -0.39 is 0 Å². The molecule has 2 heterocycles. The van der Waals surface area contributed by atoms with Gasteiger partial charge < -0.3 is 30.3 Å². The zero-order chi connectivity index (χ0) is 27.9. The summed E-state index contributed by atoms with van der Waals surface area (Å²) in [7, 11) is 1.78. The zero-order valence-corrected chi connectivity index (χ0v) is 23.2. The molecule has 2 aromatic carbocycles. The molecule has 9 heteroatoms. The maximum atomic E-state index is 13.5. The van der Waals surface area contributed by atoms with Crippen molar-refractivity contribution < 1.29 is 23.9 Å². The minimum absolute atomic E-state index is 0.0309. The molecule has 9 nitrogen and oxygen atoms in total. The molecule has 0 radical (unpaired) electrons. The molecule has 40 heavy (non-hydrogen) atoms. The monoisotopic (exact) mass is 548 g/mol. The molecule has 1 saturated heterocycles. The van der Waals surface area contributed by atoms with Gasteiger partial charge in [-0.15, -0.1) is 0 Å². The van der Waals surface area contributed by atoms with Crippen LogP contribution in [0.5, 0.6) is 5.75 Å². The molecule has 5 rings (SSSR count). The highest BCUT2D eigenvalue weighted by atomic mass is 16.5. The third-order valence-electron chi connectivity index (χ3n) is 8.29.